The molecule has 0 aromatic heterocycles. The molecule has 20 heavy (non-hydrogen) atoms. The highest BCUT2D eigenvalue weighted by Crippen LogP contribution is 2.06. The van der Waals surface area contributed by atoms with Crippen molar-refractivity contribution in [3.63, 3.8) is 0 Å². The lowest BCUT2D eigenvalue weighted by molar-refractivity contribution is -0.139. The van der Waals surface area contributed by atoms with Gasteiger partial charge in [-0.1, -0.05) is 36.5 Å². The Balaban J connectivity index is 2.71. The van der Waals surface area contributed by atoms with Crippen LogP contribution in [-0.2, 0) is 26.1 Å². The zero-order valence-electron chi connectivity index (χ0n) is 11.1. The van der Waals surface area contributed by atoms with Crippen LogP contribution in [0.25, 0.3) is 0 Å². The van der Waals surface area contributed by atoms with Gasteiger partial charge < -0.3 is 10.5 Å². The van der Waals surface area contributed by atoms with Gasteiger partial charge in [-0.25, -0.2) is 13.1 Å². The molecule has 0 bridgehead atoms. The van der Waals surface area contributed by atoms with E-state index in [1.54, 1.807) is 24.3 Å². The second-order valence-electron chi connectivity index (χ2n) is 4.09. The van der Waals surface area contributed by atoms with Crippen LogP contribution >= 0.6 is 12.2 Å². The molecule has 0 saturated heterocycles. The number of sulfonamides is 1. The maximum absolute atomic E-state index is 11.8. The molecule has 0 heterocycles. The number of nitrogens with two attached hydrogens (primary N) is 1. The molecular weight excluding hydrogens is 300 g/mol. The number of hydrogen-bond donors (Lipinski definition) is 2. The number of benzene rings is 1. The summed E-state index contributed by atoms with van der Waals surface area (Å²) >= 11 is 4.82. The monoisotopic (exact) mass is 316 g/mol. The maximum Gasteiger partial charge on any atom is 0.325 e. The van der Waals surface area contributed by atoms with Crippen LogP contribution < -0.4 is 10.5 Å². The molecule has 8 heteroatoms. The number of carbonyl (C=O) groups is 1. The van der Waals surface area contributed by atoms with Gasteiger partial charge in [-0.05, 0) is 12.5 Å². The standard InChI is InChI=1S/C12H16N2O4S2/c1-8(12(15)18-2)20(16,17)14-7-9-3-5-10(6-4-9)11(13)19/h3-6,8,14H,7H2,1-2H3,(H2,13,19). The molecule has 1 unspecified atom stereocenters. The van der Waals surface area contributed by atoms with Crippen molar-refractivity contribution < 1.29 is 17.9 Å². The summed E-state index contributed by atoms with van der Waals surface area (Å²) < 4.78 is 30.4. The average molecular weight is 316 g/mol. The highest BCUT2D eigenvalue weighted by atomic mass is 32.2. The summed E-state index contributed by atoms with van der Waals surface area (Å²) in [7, 11) is -2.63. The van der Waals surface area contributed by atoms with E-state index in [4.69, 9.17) is 18.0 Å². The second kappa shape index (κ2) is 6.78. The minimum Gasteiger partial charge on any atom is -0.468 e. The molecule has 0 aliphatic heterocycles. The Labute approximate surface area is 123 Å². The third-order valence-electron chi connectivity index (χ3n) is 2.71. The summed E-state index contributed by atoms with van der Waals surface area (Å²) in [6.45, 7) is 1.34. The van der Waals surface area contributed by atoms with E-state index >= 15 is 0 Å². The van der Waals surface area contributed by atoms with Crippen LogP contribution in [0.1, 0.15) is 18.1 Å². The van der Waals surface area contributed by atoms with E-state index in [2.05, 4.69) is 9.46 Å². The highest BCUT2D eigenvalue weighted by molar-refractivity contribution is 7.90. The normalized spacial score (nSPS) is 12.7. The summed E-state index contributed by atoms with van der Waals surface area (Å²) in [5.74, 6) is -0.804. The minimum atomic E-state index is -3.77. The molecule has 1 rings (SSSR count). The third-order valence-corrected chi connectivity index (χ3v) is 4.62. The van der Waals surface area contributed by atoms with Crippen molar-refractivity contribution in [1.29, 1.82) is 0 Å². The summed E-state index contributed by atoms with van der Waals surface area (Å²) in [5.41, 5.74) is 6.89. The zero-order valence-corrected chi connectivity index (χ0v) is 12.8. The van der Waals surface area contributed by atoms with E-state index in [0.29, 0.717) is 5.56 Å². The predicted octanol–water partition coefficient (Wildman–Crippen LogP) is 0.302. The Morgan fingerprint density at radius 1 is 1.40 bits per heavy atom. The fourth-order valence-electron chi connectivity index (χ4n) is 1.39. The van der Waals surface area contributed by atoms with Crippen LogP contribution in [0.3, 0.4) is 0 Å². The van der Waals surface area contributed by atoms with E-state index in [0.717, 1.165) is 12.7 Å². The first kappa shape index (κ1) is 16.5. The van der Waals surface area contributed by atoms with Crippen molar-refractivity contribution in [3.05, 3.63) is 35.4 Å². The van der Waals surface area contributed by atoms with Crippen LogP contribution in [0.15, 0.2) is 24.3 Å². The Morgan fingerprint density at radius 3 is 2.40 bits per heavy atom. The van der Waals surface area contributed by atoms with Gasteiger partial charge in [-0.3, -0.25) is 4.79 Å². The molecule has 3 N–H and O–H groups in total. The summed E-state index contributed by atoms with van der Waals surface area (Å²) in [4.78, 5) is 11.5. The zero-order chi connectivity index (χ0) is 15.3. The number of methoxy groups -OCH3 is 1. The van der Waals surface area contributed by atoms with Gasteiger partial charge in [0.25, 0.3) is 0 Å². The summed E-state index contributed by atoms with van der Waals surface area (Å²) in [6, 6.07) is 6.82. The molecule has 0 aliphatic carbocycles. The van der Waals surface area contributed by atoms with Gasteiger partial charge in [0, 0.05) is 12.1 Å². The highest BCUT2D eigenvalue weighted by Gasteiger charge is 2.28. The van der Waals surface area contributed by atoms with E-state index in [1.807, 2.05) is 0 Å². The lowest BCUT2D eigenvalue weighted by atomic mass is 10.1. The quantitative estimate of drug-likeness (QED) is 0.578. The van der Waals surface area contributed by atoms with Crippen LogP contribution in [0.5, 0.6) is 0 Å². The lowest BCUT2D eigenvalue weighted by Crippen LogP contribution is -2.37. The third kappa shape index (κ3) is 4.26. The summed E-state index contributed by atoms with van der Waals surface area (Å²) in [6.07, 6.45) is 0. The van der Waals surface area contributed by atoms with Gasteiger partial charge in [0.15, 0.2) is 5.25 Å². The number of ether oxygens (including phenoxy) is 1. The predicted molar refractivity (Wildman–Crippen MR) is 79.6 cm³/mol. The van der Waals surface area contributed by atoms with Gasteiger partial charge in [0.05, 0.1) is 7.11 Å². The van der Waals surface area contributed by atoms with Gasteiger partial charge in [-0.2, -0.15) is 0 Å². The van der Waals surface area contributed by atoms with Crippen molar-refractivity contribution in [2.24, 2.45) is 5.73 Å². The Kier molecular flexibility index (Phi) is 5.61. The van der Waals surface area contributed by atoms with Crippen molar-refractivity contribution in [3.8, 4) is 0 Å². The minimum absolute atomic E-state index is 0.0707. The Bertz CT molecular complexity index is 596. The van der Waals surface area contributed by atoms with E-state index in [-0.39, 0.29) is 11.5 Å². The van der Waals surface area contributed by atoms with Gasteiger partial charge in [0.1, 0.15) is 4.99 Å². The molecule has 0 spiro atoms. The Hall–Kier alpha value is -1.51. The first-order chi connectivity index (χ1) is 9.27. The lowest BCUT2D eigenvalue weighted by Gasteiger charge is -2.12. The molecule has 1 aromatic rings. The number of nitrogens with one attached hydrogen (secondary N) is 1. The molecular formula is C12H16N2O4S2. The first-order valence-corrected chi connectivity index (χ1v) is 7.68. The molecule has 1 aromatic carbocycles. The largest absolute Gasteiger partial charge is 0.468 e. The van der Waals surface area contributed by atoms with Crippen molar-refractivity contribution in [2.75, 3.05) is 7.11 Å². The fraction of sp³-hybridized carbons (Fsp3) is 0.333. The number of esters is 1. The van der Waals surface area contributed by atoms with Crippen LogP contribution in [-0.4, -0.2) is 31.7 Å². The molecule has 0 amide bonds. The second-order valence-corrected chi connectivity index (χ2v) is 6.62. The van der Waals surface area contributed by atoms with Crippen molar-refractivity contribution >= 4 is 33.2 Å². The van der Waals surface area contributed by atoms with E-state index in [1.165, 1.54) is 6.92 Å². The molecule has 1 atom stereocenters. The SMILES string of the molecule is COC(=O)C(C)S(=O)(=O)NCc1ccc(C(N)=S)cc1. The topological polar surface area (TPSA) is 98.5 Å². The summed E-state index contributed by atoms with van der Waals surface area (Å²) in [5, 5.41) is -1.26. The molecule has 0 aliphatic rings. The van der Waals surface area contributed by atoms with E-state index < -0.39 is 21.2 Å². The van der Waals surface area contributed by atoms with Crippen molar-refractivity contribution in [1.82, 2.24) is 4.72 Å². The number of thiocarbonyl (C=S) groups is 1. The molecule has 6 nitrogen and oxygen atoms in total. The fourth-order valence-corrected chi connectivity index (χ4v) is 2.49. The van der Waals surface area contributed by atoms with Crippen LogP contribution in [0.4, 0.5) is 0 Å². The molecule has 0 saturated carbocycles. The smallest absolute Gasteiger partial charge is 0.325 e. The number of hydrogen-bond acceptors (Lipinski definition) is 5. The first-order valence-electron chi connectivity index (χ1n) is 5.73. The van der Waals surface area contributed by atoms with Crippen LogP contribution in [0.2, 0.25) is 0 Å². The molecule has 0 radical (unpaired) electrons. The number of carbonyl (C=O) groups excluding carboxylic acids is 1. The maximum atomic E-state index is 11.8. The number of rotatable bonds is 6. The van der Waals surface area contributed by atoms with Gasteiger partial charge in [-0.15, -0.1) is 0 Å². The molecule has 110 valence electrons. The average Bonchev–Trinajstić information content (AvgIpc) is 2.43. The Morgan fingerprint density at radius 2 is 1.95 bits per heavy atom. The molecule has 0 fully saturated rings. The van der Waals surface area contributed by atoms with Crippen molar-refractivity contribution in [2.45, 2.75) is 18.7 Å². The van der Waals surface area contributed by atoms with E-state index in [9.17, 15) is 13.2 Å². The van der Waals surface area contributed by atoms with Gasteiger partial charge in [0.2, 0.25) is 10.0 Å². The van der Waals surface area contributed by atoms with Crippen LogP contribution in [0, 0.1) is 0 Å². The van der Waals surface area contributed by atoms with Gasteiger partial charge >= 0.3 is 5.97 Å².